The zero-order chi connectivity index (χ0) is 36.3. The van der Waals surface area contributed by atoms with Gasteiger partial charge in [-0.05, 0) is 91.9 Å². The van der Waals surface area contributed by atoms with Crippen LogP contribution in [0.25, 0.3) is 0 Å². The van der Waals surface area contributed by atoms with E-state index in [4.69, 9.17) is 29.8 Å². The Morgan fingerprint density at radius 3 is 1.29 bits per heavy atom. The molecule has 0 heterocycles. The summed E-state index contributed by atoms with van der Waals surface area (Å²) < 4.78 is 0. The number of benzene rings is 2. The Morgan fingerprint density at radius 2 is 1.04 bits per heavy atom. The van der Waals surface area contributed by atoms with Gasteiger partial charge in [0.05, 0.1) is 12.1 Å². The first kappa shape index (κ1) is 44.8. The molecule has 9 heteroatoms. The van der Waals surface area contributed by atoms with Gasteiger partial charge in [0.1, 0.15) is 11.5 Å². The van der Waals surface area contributed by atoms with E-state index in [1.807, 2.05) is 12.4 Å². The van der Waals surface area contributed by atoms with Crippen LogP contribution in [0.4, 0.5) is 0 Å². The van der Waals surface area contributed by atoms with Gasteiger partial charge in [0.2, 0.25) is 0 Å². The molecular weight excluding hydrogens is 651 g/mol. The molecule has 3 rings (SSSR count). The van der Waals surface area contributed by atoms with Crippen LogP contribution in [-0.4, -0.2) is 46.7 Å². The molecule has 1 aliphatic carbocycles. The Bertz CT molecular complexity index is 1290. The number of phenolic OH excluding ortho intramolecular Hbond substituents is 2. The van der Waals surface area contributed by atoms with Crippen LogP contribution in [0.5, 0.6) is 11.5 Å². The quantitative estimate of drug-likeness (QED) is 0.292. The van der Waals surface area contributed by atoms with Crippen molar-refractivity contribution < 1.29 is 46.8 Å². The molecule has 48 heavy (non-hydrogen) atoms. The van der Waals surface area contributed by atoms with Gasteiger partial charge in [0.15, 0.2) is 0 Å². The fourth-order valence-electron chi connectivity index (χ4n) is 5.32. The average Bonchev–Trinajstić information content (AvgIpc) is 3.41. The third-order valence-electron chi connectivity index (χ3n) is 8.53. The number of carboxylic acids is 2. The number of rotatable bonds is 8. The second kappa shape index (κ2) is 19.7. The molecular formula is C39H58CoN2O6. The number of aliphatic carboxylic acids is 2. The Morgan fingerprint density at radius 1 is 0.750 bits per heavy atom. The molecule has 1 aliphatic rings. The topological polar surface area (TPSA) is 145 Å². The molecule has 0 bridgehead atoms. The Hall–Kier alpha value is -3.17. The first-order valence-corrected chi connectivity index (χ1v) is 16.8. The summed E-state index contributed by atoms with van der Waals surface area (Å²) in [4.78, 5) is 27.6. The molecule has 0 aromatic heterocycles. The van der Waals surface area contributed by atoms with Gasteiger partial charge < -0.3 is 30.0 Å². The Balaban J connectivity index is 0.00000221. The fraction of sp³-hybridized carbons (Fsp3) is 0.590. The van der Waals surface area contributed by atoms with E-state index in [1.165, 1.54) is 11.1 Å². The molecule has 4 unspecified atom stereocenters. The number of carboxylic acid groups (broad SMARTS) is 2. The summed E-state index contributed by atoms with van der Waals surface area (Å²) >= 11 is 0. The second-order valence-electron chi connectivity index (χ2n) is 14.8. The van der Waals surface area contributed by atoms with Crippen LogP contribution < -0.4 is 10.2 Å². The van der Waals surface area contributed by atoms with Gasteiger partial charge in [0.25, 0.3) is 0 Å². The zero-order valence-electron chi connectivity index (χ0n) is 31.1. The SMILES string of the molecule is CC(=O)[O-].CC(=O)[O-].CCC(C)c1cc(C=NC2CCC(N=Cc3cc(C(C)CC)cc(C(C)(C)C)c3O)C2)c(O)c(C(C)(C)C)c1.[Co+2]. The van der Waals surface area contributed by atoms with Crippen molar-refractivity contribution in [3.63, 3.8) is 0 Å². The van der Waals surface area contributed by atoms with Crippen molar-refractivity contribution in [3.05, 3.63) is 57.6 Å². The number of nitrogens with zero attached hydrogens (tertiary/aromatic N) is 2. The summed E-state index contributed by atoms with van der Waals surface area (Å²) in [5.74, 6) is -0.620. The van der Waals surface area contributed by atoms with Gasteiger partial charge in [-0.2, -0.15) is 0 Å². The third-order valence-corrected chi connectivity index (χ3v) is 8.53. The van der Waals surface area contributed by atoms with Crippen molar-refractivity contribution in [3.8, 4) is 11.5 Å². The predicted octanol–water partition coefficient (Wildman–Crippen LogP) is 6.69. The summed E-state index contributed by atoms with van der Waals surface area (Å²) in [6, 6.07) is 8.90. The minimum Gasteiger partial charge on any atom is -0.550 e. The summed E-state index contributed by atoms with van der Waals surface area (Å²) in [6.45, 7) is 23.7. The van der Waals surface area contributed by atoms with Crippen LogP contribution in [0, 0.1) is 0 Å². The van der Waals surface area contributed by atoms with Crippen LogP contribution in [0.15, 0.2) is 34.3 Å². The first-order valence-electron chi connectivity index (χ1n) is 16.8. The maximum atomic E-state index is 11.1. The molecule has 1 fully saturated rings. The number of aliphatic imine (C=N–C) groups is 2. The molecule has 269 valence electrons. The van der Waals surface area contributed by atoms with Crippen LogP contribution >= 0.6 is 0 Å². The maximum Gasteiger partial charge on any atom is 2.00 e. The van der Waals surface area contributed by atoms with E-state index in [9.17, 15) is 10.2 Å². The summed E-state index contributed by atoms with van der Waals surface area (Å²) in [6.07, 6.45) is 8.70. The van der Waals surface area contributed by atoms with E-state index in [2.05, 4.69) is 93.5 Å². The van der Waals surface area contributed by atoms with Crippen LogP contribution in [0.1, 0.15) is 160 Å². The molecule has 0 amide bonds. The molecule has 0 spiro atoms. The Labute approximate surface area is 299 Å². The molecule has 0 saturated heterocycles. The largest absolute Gasteiger partial charge is 2.00 e. The average molecular weight is 710 g/mol. The van der Waals surface area contributed by atoms with Gasteiger partial charge >= 0.3 is 16.8 Å². The maximum absolute atomic E-state index is 11.1. The minimum atomic E-state index is -1.08. The van der Waals surface area contributed by atoms with Gasteiger partial charge in [-0.15, -0.1) is 0 Å². The van der Waals surface area contributed by atoms with Gasteiger partial charge in [-0.3, -0.25) is 9.98 Å². The molecule has 1 saturated carbocycles. The number of phenols is 2. The molecule has 0 aliphatic heterocycles. The van der Waals surface area contributed by atoms with Crippen LogP contribution in [0.2, 0.25) is 0 Å². The fourth-order valence-corrected chi connectivity index (χ4v) is 5.32. The first-order chi connectivity index (χ1) is 21.6. The van der Waals surface area contributed by atoms with Gasteiger partial charge in [-0.25, -0.2) is 0 Å². The van der Waals surface area contributed by atoms with E-state index < -0.39 is 11.9 Å². The second-order valence-corrected chi connectivity index (χ2v) is 14.8. The number of aromatic hydroxyl groups is 2. The van der Waals surface area contributed by atoms with E-state index in [1.54, 1.807) is 0 Å². The van der Waals surface area contributed by atoms with Crippen molar-refractivity contribution >= 4 is 24.4 Å². The molecule has 2 aromatic rings. The molecule has 2 aromatic carbocycles. The molecule has 1 radical (unpaired) electrons. The standard InChI is InChI=1S/C35H52N2O2.2C2H4O2.Co/c1-11-22(3)24-15-26(32(38)30(17-24)34(5,6)7)20-36-28-13-14-29(19-28)37-21-27-16-25(23(4)12-2)18-31(33(27)39)35(8,9)10;2*1-2(3)4;/h15-18,20-23,28-29,38-39H,11-14,19H2,1-10H3;2*1H3,(H,3,4);/q;;;+2/p-2. The number of hydrogen-bond donors (Lipinski definition) is 2. The number of hydrogen-bond acceptors (Lipinski definition) is 8. The van der Waals surface area contributed by atoms with Crippen molar-refractivity contribution in [1.29, 1.82) is 0 Å². The molecule has 8 nitrogen and oxygen atoms in total. The smallest absolute Gasteiger partial charge is 0.550 e. The van der Waals surface area contributed by atoms with Crippen LogP contribution in [-0.2, 0) is 37.2 Å². The molecule has 2 N–H and O–H groups in total. The number of carbonyl (C=O) groups excluding carboxylic acids is 2. The van der Waals surface area contributed by atoms with E-state index in [-0.39, 0.29) is 39.7 Å². The number of carbonyl (C=O) groups is 2. The minimum absolute atomic E-state index is 0. The van der Waals surface area contributed by atoms with E-state index in [0.717, 1.165) is 68.2 Å². The monoisotopic (exact) mass is 709 g/mol. The summed E-state index contributed by atoms with van der Waals surface area (Å²) in [5, 5.41) is 39.9. The van der Waals surface area contributed by atoms with E-state index in [0.29, 0.717) is 23.3 Å². The van der Waals surface area contributed by atoms with Gasteiger partial charge in [-0.1, -0.05) is 81.4 Å². The Kier molecular flexibility index (Phi) is 18.4. The summed E-state index contributed by atoms with van der Waals surface area (Å²) in [7, 11) is 0. The predicted molar refractivity (Wildman–Crippen MR) is 189 cm³/mol. The van der Waals surface area contributed by atoms with Crippen molar-refractivity contribution in [2.75, 3.05) is 0 Å². The normalized spacial score (nSPS) is 17.5. The van der Waals surface area contributed by atoms with Crippen molar-refractivity contribution in [1.82, 2.24) is 0 Å². The zero-order valence-corrected chi connectivity index (χ0v) is 32.1. The third kappa shape index (κ3) is 14.5. The van der Waals surface area contributed by atoms with Crippen molar-refractivity contribution in [2.24, 2.45) is 9.98 Å². The van der Waals surface area contributed by atoms with Crippen molar-refractivity contribution in [2.45, 2.75) is 150 Å². The van der Waals surface area contributed by atoms with Gasteiger partial charge in [0, 0.05) is 46.6 Å². The van der Waals surface area contributed by atoms with E-state index >= 15 is 0 Å². The van der Waals surface area contributed by atoms with Crippen LogP contribution in [0.3, 0.4) is 0 Å². The summed E-state index contributed by atoms with van der Waals surface area (Å²) in [5.41, 5.74) is 5.79. The molecule has 4 atom stereocenters.